The number of esters is 1. The molecule has 33 heavy (non-hydrogen) atoms. The van der Waals surface area contributed by atoms with Gasteiger partial charge in [-0.05, 0) is 71.8 Å². The highest BCUT2D eigenvalue weighted by Crippen LogP contribution is 2.73. The maximum atomic E-state index is 14.5. The van der Waals surface area contributed by atoms with Crippen molar-refractivity contribution in [3.63, 3.8) is 0 Å². The van der Waals surface area contributed by atoms with E-state index < -0.39 is 5.41 Å². The van der Waals surface area contributed by atoms with Crippen molar-refractivity contribution in [1.29, 1.82) is 0 Å². The average molecular weight is 441 g/mol. The molecule has 7 unspecified atom stereocenters. The Bertz CT molecular complexity index is 1020. The van der Waals surface area contributed by atoms with Gasteiger partial charge in [-0.2, -0.15) is 0 Å². The minimum atomic E-state index is -0.411. The molecule has 2 heteroatoms. The zero-order chi connectivity index (χ0) is 22.7. The van der Waals surface area contributed by atoms with Gasteiger partial charge in [0.1, 0.15) is 0 Å². The first-order valence-electron chi connectivity index (χ1n) is 13.0. The van der Waals surface area contributed by atoms with E-state index in [0.29, 0.717) is 29.6 Å². The standard InChI is InChI=1S/C31H36O2/c1-19(2)26-16-23-17-28-24-15-14-20(3)25(24)18-27(23)31(26,28)30(32)33-29(21-10-6-4-7-11-21)22-12-8-5-9-13-22/h4-13,16,19-20,23-25,27-29H,14-15,17-18H2,1-3H3. The number of benzene rings is 2. The van der Waals surface area contributed by atoms with Crippen molar-refractivity contribution in [3.05, 3.63) is 83.4 Å². The van der Waals surface area contributed by atoms with E-state index >= 15 is 0 Å². The molecule has 172 valence electrons. The molecule has 2 nitrogen and oxygen atoms in total. The van der Waals surface area contributed by atoms with Crippen LogP contribution in [0.4, 0.5) is 0 Å². The second-order valence-corrected chi connectivity index (χ2v) is 11.5. The minimum absolute atomic E-state index is 0.0492. The molecule has 6 rings (SSSR count). The Morgan fingerprint density at radius 1 is 0.879 bits per heavy atom. The zero-order valence-electron chi connectivity index (χ0n) is 20.1. The number of carbonyl (C=O) groups is 1. The Labute approximate surface area is 198 Å². The summed E-state index contributed by atoms with van der Waals surface area (Å²) < 4.78 is 6.64. The lowest BCUT2D eigenvalue weighted by atomic mass is 9.54. The number of allylic oxidation sites excluding steroid dienone is 1. The molecule has 0 aromatic heterocycles. The van der Waals surface area contributed by atoms with E-state index in [1.54, 1.807) is 0 Å². The van der Waals surface area contributed by atoms with Crippen molar-refractivity contribution in [2.45, 2.75) is 52.6 Å². The Kier molecular flexibility index (Phi) is 5.05. The predicted octanol–water partition coefficient (Wildman–Crippen LogP) is 7.22. The number of ether oxygens (including phenoxy) is 1. The van der Waals surface area contributed by atoms with E-state index in [0.717, 1.165) is 23.0 Å². The van der Waals surface area contributed by atoms with Gasteiger partial charge in [0.15, 0.2) is 6.10 Å². The van der Waals surface area contributed by atoms with Gasteiger partial charge in [0.05, 0.1) is 5.41 Å². The first kappa shape index (κ1) is 21.2. The summed E-state index contributed by atoms with van der Waals surface area (Å²) in [6.07, 6.45) is 7.14. The highest BCUT2D eigenvalue weighted by atomic mass is 16.5. The molecule has 0 radical (unpaired) electrons. The summed E-state index contributed by atoms with van der Waals surface area (Å²) >= 11 is 0. The summed E-state index contributed by atoms with van der Waals surface area (Å²) in [4.78, 5) is 14.5. The second-order valence-electron chi connectivity index (χ2n) is 11.5. The average Bonchev–Trinajstić information content (AvgIpc) is 3.44. The largest absolute Gasteiger partial charge is 0.452 e. The van der Waals surface area contributed by atoms with Crippen LogP contribution in [0.1, 0.15) is 63.7 Å². The molecular weight excluding hydrogens is 404 g/mol. The van der Waals surface area contributed by atoms with E-state index in [2.05, 4.69) is 51.1 Å². The molecule has 0 amide bonds. The van der Waals surface area contributed by atoms with Crippen LogP contribution < -0.4 is 0 Å². The number of fused-ring (bicyclic) bond motifs is 2. The van der Waals surface area contributed by atoms with Crippen LogP contribution in [0.5, 0.6) is 0 Å². The Morgan fingerprint density at radius 3 is 2.12 bits per heavy atom. The molecular formula is C31H36O2. The normalized spacial score (nSPS) is 36.2. The molecule has 0 spiro atoms. The lowest BCUT2D eigenvalue weighted by Crippen LogP contribution is -2.51. The molecule has 2 aromatic rings. The number of hydrogen-bond donors (Lipinski definition) is 0. The number of hydrogen-bond acceptors (Lipinski definition) is 2. The van der Waals surface area contributed by atoms with Gasteiger partial charge in [-0.1, -0.05) is 99.5 Å². The fourth-order valence-corrected chi connectivity index (χ4v) is 8.49. The van der Waals surface area contributed by atoms with Crippen LogP contribution in [0.2, 0.25) is 0 Å². The van der Waals surface area contributed by atoms with E-state index in [4.69, 9.17) is 4.74 Å². The van der Waals surface area contributed by atoms with Crippen LogP contribution >= 0.6 is 0 Å². The Morgan fingerprint density at radius 2 is 1.52 bits per heavy atom. The third kappa shape index (κ3) is 3.02. The summed E-state index contributed by atoms with van der Waals surface area (Å²) in [7, 11) is 0. The molecule has 3 fully saturated rings. The molecule has 4 aliphatic rings. The van der Waals surface area contributed by atoms with Crippen molar-refractivity contribution < 1.29 is 9.53 Å². The summed E-state index contributed by atoms with van der Waals surface area (Å²) in [6.45, 7) is 7.00. The van der Waals surface area contributed by atoms with Crippen LogP contribution in [-0.4, -0.2) is 5.97 Å². The molecule has 0 N–H and O–H groups in total. The van der Waals surface area contributed by atoms with Crippen LogP contribution in [0.25, 0.3) is 0 Å². The molecule has 4 aliphatic carbocycles. The Hall–Kier alpha value is -2.35. The monoisotopic (exact) mass is 440 g/mol. The fraction of sp³-hybridized carbons (Fsp3) is 0.516. The lowest BCUT2D eigenvalue weighted by Gasteiger charge is -2.49. The summed E-state index contributed by atoms with van der Waals surface area (Å²) in [5.41, 5.74) is 3.07. The van der Waals surface area contributed by atoms with Crippen molar-refractivity contribution in [2.24, 2.45) is 46.8 Å². The van der Waals surface area contributed by atoms with Gasteiger partial charge in [-0.15, -0.1) is 0 Å². The van der Waals surface area contributed by atoms with Gasteiger partial charge < -0.3 is 4.74 Å². The maximum Gasteiger partial charge on any atom is 0.317 e. The van der Waals surface area contributed by atoms with Gasteiger partial charge >= 0.3 is 5.97 Å². The van der Waals surface area contributed by atoms with Gasteiger partial charge in [-0.25, -0.2) is 0 Å². The highest BCUT2D eigenvalue weighted by molar-refractivity contribution is 5.84. The first-order valence-corrected chi connectivity index (χ1v) is 13.0. The van der Waals surface area contributed by atoms with Crippen LogP contribution in [0.3, 0.4) is 0 Å². The summed E-state index contributed by atoms with van der Waals surface area (Å²) in [5, 5.41) is 0. The highest BCUT2D eigenvalue weighted by Gasteiger charge is 2.71. The number of rotatable bonds is 5. The van der Waals surface area contributed by atoms with E-state index in [9.17, 15) is 4.79 Å². The van der Waals surface area contributed by atoms with E-state index in [1.165, 1.54) is 31.3 Å². The van der Waals surface area contributed by atoms with Crippen molar-refractivity contribution in [2.75, 3.05) is 0 Å². The second kappa shape index (κ2) is 7.86. The van der Waals surface area contributed by atoms with Gasteiger partial charge in [-0.3, -0.25) is 4.79 Å². The van der Waals surface area contributed by atoms with Gasteiger partial charge in [0.25, 0.3) is 0 Å². The third-order valence-corrected chi connectivity index (χ3v) is 9.75. The topological polar surface area (TPSA) is 26.3 Å². The number of carbonyl (C=O) groups excluding carboxylic acids is 1. The molecule has 2 aromatic carbocycles. The van der Waals surface area contributed by atoms with Crippen LogP contribution in [0, 0.1) is 46.8 Å². The predicted molar refractivity (Wildman–Crippen MR) is 131 cm³/mol. The summed E-state index contributed by atoms with van der Waals surface area (Å²) in [5.74, 6) is 4.16. The van der Waals surface area contributed by atoms with Gasteiger partial charge in [0.2, 0.25) is 0 Å². The van der Waals surface area contributed by atoms with Crippen LogP contribution in [0.15, 0.2) is 72.3 Å². The SMILES string of the molecule is CC(C)C1=CC2CC3C4CCC(C)C4CC2C13C(=O)OC(c1ccccc1)c1ccccc1. The molecule has 4 bridgehead atoms. The van der Waals surface area contributed by atoms with Crippen molar-refractivity contribution in [3.8, 4) is 0 Å². The van der Waals surface area contributed by atoms with Gasteiger partial charge in [0, 0.05) is 0 Å². The minimum Gasteiger partial charge on any atom is -0.452 e. The van der Waals surface area contributed by atoms with Crippen molar-refractivity contribution in [1.82, 2.24) is 0 Å². The Balaban J connectivity index is 1.41. The molecule has 0 heterocycles. The third-order valence-electron chi connectivity index (χ3n) is 9.75. The smallest absolute Gasteiger partial charge is 0.317 e. The quantitative estimate of drug-likeness (QED) is 0.362. The lowest BCUT2D eigenvalue weighted by molar-refractivity contribution is -0.168. The fourth-order valence-electron chi connectivity index (χ4n) is 8.49. The zero-order valence-corrected chi connectivity index (χ0v) is 20.1. The van der Waals surface area contributed by atoms with Crippen LogP contribution in [-0.2, 0) is 9.53 Å². The first-order chi connectivity index (χ1) is 16.0. The van der Waals surface area contributed by atoms with E-state index in [-0.39, 0.29) is 12.1 Å². The molecule has 7 atom stereocenters. The van der Waals surface area contributed by atoms with Crippen molar-refractivity contribution >= 4 is 5.97 Å². The van der Waals surface area contributed by atoms with E-state index in [1.807, 2.05) is 36.4 Å². The molecule has 0 aliphatic heterocycles. The summed E-state index contributed by atoms with van der Waals surface area (Å²) in [6, 6.07) is 20.6. The molecule has 0 saturated heterocycles. The maximum absolute atomic E-state index is 14.5. The molecule has 3 saturated carbocycles.